The largest absolute Gasteiger partial charge is 0.481 e. The fourth-order valence-electron chi connectivity index (χ4n) is 1.52. The molecule has 13 heavy (non-hydrogen) atoms. The van der Waals surface area contributed by atoms with E-state index < -0.39 is 0 Å². The number of rotatable bonds is 1. The maximum atomic E-state index is 5.73. The quantitative estimate of drug-likeness (QED) is 0.635. The number of halogens is 1. The number of hydrogen-bond donors (Lipinski definition) is 0. The molecule has 5 heteroatoms. The summed E-state index contributed by atoms with van der Waals surface area (Å²) in [6, 6.07) is 0. The zero-order valence-corrected chi connectivity index (χ0v) is 8.30. The van der Waals surface area contributed by atoms with E-state index in [1.54, 1.807) is 7.11 Å². The molecule has 0 saturated carbocycles. The van der Waals surface area contributed by atoms with Crippen LogP contribution < -0.4 is 4.74 Å². The van der Waals surface area contributed by atoms with Crippen LogP contribution >= 0.6 is 11.6 Å². The first-order valence-corrected chi connectivity index (χ1v) is 4.36. The van der Waals surface area contributed by atoms with Gasteiger partial charge in [0, 0.05) is 13.1 Å². The van der Waals surface area contributed by atoms with Crippen molar-refractivity contribution in [1.82, 2.24) is 14.9 Å². The molecule has 0 fully saturated rings. The highest BCUT2D eigenvalue weighted by atomic mass is 35.5. The van der Waals surface area contributed by atoms with Crippen molar-refractivity contribution in [2.45, 2.75) is 13.1 Å². The monoisotopic (exact) mass is 199 g/mol. The number of ether oxygens (including phenoxy) is 1. The molecule has 0 bridgehead atoms. The van der Waals surface area contributed by atoms with Crippen molar-refractivity contribution in [3.05, 3.63) is 16.5 Å². The van der Waals surface area contributed by atoms with Crippen molar-refractivity contribution >= 4 is 11.6 Å². The average molecular weight is 200 g/mol. The Hall–Kier alpha value is -0.870. The fraction of sp³-hybridized carbons (Fsp3) is 0.500. The molecule has 0 radical (unpaired) electrons. The van der Waals surface area contributed by atoms with Gasteiger partial charge < -0.3 is 4.74 Å². The van der Waals surface area contributed by atoms with Crippen molar-refractivity contribution in [3.8, 4) is 5.88 Å². The number of hydrogen-bond acceptors (Lipinski definition) is 4. The normalized spacial score (nSPS) is 15.9. The molecule has 0 N–H and O–H groups in total. The Morgan fingerprint density at radius 2 is 2.15 bits per heavy atom. The van der Waals surface area contributed by atoms with E-state index in [1.807, 2.05) is 7.05 Å². The summed E-state index contributed by atoms with van der Waals surface area (Å²) in [6.45, 7) is 1.64. The first-order valence-electron chi connectivity index (χ1n) is 3.98. The second-order valence-corrected chi connectivity index (χ2v) is 3.44. The maximum absolute atomic E-state index is 5.73. The minimum Gasteiger partial charge on any atom is -0.481 e. The number of fused-ring (bicyclic) bond motifs is 1. The van der Waals surface area contributed by atoms with Crippen molar-refractivity contribution in [2.24, 2.45) is 0 Å². The Balaban J connectivity index is 2.50. The zero-order valence-electron chi connectivity index (χ0n) is 7.54. The second-order valence-electron chi connectivity index (χ2n) is 3.10. The van der Waals surface area contributed by atoms with E-state index in [9.17, 15) is 0 Å². The Bertz CT molecular complexity index is 342. The summed E-state index contributed by atoms with van der Waals surface area (Å²) in [5.74, 6) is 0.597. The van der Waals surface area contributed by atoms with E-state index in [-0.39, 0.29) is 5.28 Å². The van der Waals surface area contributed by atoms with Crippen LogP contribution in [0.15, 0.2) is 0 Å². The van der Waals surface area contributed by atoms with E-state index in [4.69, 9.17) is 16.3 Å². The topological polar surface area (TPSA) is 38.3 Å². The zero-order chi connectivity index (χ0) is 9.42. The van der Waals surface area contributed by atoms with Crippen LogP contribution in [-0.4, -0.2) is 29.0 Å². The Labute approximate surface area is 81.5 Å². The van der Waals surface area contributed by atoms with E-state index >= 15 is 0 Å². The van der Waals surface area contributed by atoms with Gasteiger partial charge in [-0.25, -0.2) is 4.98 Å². The first kappa shape index (κ1) is 8.72. The molecule has 0 amide bonds. The van der Waals surface area contributed by atoms with Gasteiger partial charge in [-0.05, 0) is 18.6 Å². The summed E-state index contributed by atoms with van der Waals surface area (Å²) in [4.78, 5) is 10.3. The van der Waals surface area contributed by atoms with Crippen molar-refractivity contribution < 1.29 is 4.74 Å². The fourth-order valence-corrected chi connectivity index (χ4v) is 1.70. The number of methoxy groups -OCH3 is 1. The van der Waals surface area contributed by atoms with Gasteiger partial charge in [-0.1, -0.05) is 0 Å². The summed E-state index contributed by atoms with van der Waals surface area (Å²) < 4.78 is 5.12. The van der Waals surface area contributed by atoms with Crippen molar-refractivity contribution in [2.75, 3.05) is 14.2 Å². The highest BCUT2D eigenvalue weighted by Crippen LogP contribution is 2.27. The van der Waals surface area contributed by atoms with Crippen LogP contribution in [0.3, 0.4) is 0 Å². The summed E-state index contributed by atoms with van der Waals surface area (Å²) in [6.07, 6.45) is 0. The molecule has 4 nitrogen and oxygen atoms in total. The third kappa shape index (κ3) is 1.47. The molecule has 1 aromatic rings. The molecule has 2 rings (SSSR count). The van der Waals surface area contributed by atoms with Crippen LogP contribution in [0.5, 0.6) is 5.88 Å². The van der Waals surface area contributed by atoms with Crippen LogP contribution in [0.1, 0.15) is 11.3 Å². The first-order chi connectivity index (χ1) is 6.20. The molecule has 70 valence electrons. The molecule has 1 aromatic heterocycles. The lowest BCUT2D eigenvalue weighted by molar-refractivity contribution is 0.342. The summed E-state index contributed by atoms with van der Waals surface area (Å²) in [5.41, 5.74) is 2.02. The Morgan fingerprint density at radius 3 is 2.85 bits per heavy atom. The Morgan fingerprint density at radius 1 is 1.38 bits per heavy atom. The average Bonchev–Trinajstić information content (AvgIpc) is 2.43. The van der Waals surface area contributed by atoms with Gasteiger partial charge in [0.2, 0.25) is 11.2 Å². The third-order valence-electron chi connectivity index (χ3n) is 2.07. The van der Waals surface area contributed by atoms with Gasteiger partial charge in [0.15, 0.2) is 0 Å². The molecule has 0 aromatic carbocycles. The molecule has 0 aliphatic carbocycles. The molecular weight excluding hydrogens is 190 g/mol. The smallest absolute Gasteiger partial charge is 0.225 e. The molecular formula is C8H10ClN3O. The van der Waals surface area contributed by atoms with Crippen LogP contribution in [0.25, 0.3) is 0 Å². The van der Waals surface area contributed by atoms with E-state index in [0.29, 0.717) is 5.88 Å². The van der Waals surface area contributed by atoms with E-state index in [1.165, 1.54) is 0 Å². The molecule has 0 atom stereocenters. The van der Waals surface area contributed by atoms with E-state index in [2.05, 4.69) is 14.9 Å². The predicted octanol–water partition coefficient (Wildman–Crippen LogP) is 1.08. The van der Waals surface area contributed by atoms with Gasteiger partial charge in [-0.2, -0.15) is 4.98 Å². The molecule has 0 saturated heterocycles. The lowest BCUT2D eigenvalue weighted by atomic mass is 10.3. The predicted molar refractivity (Wildman–Crippen MR) is 48.8 cm³/mol. The van der Waals surface area contributed by atoms with Crippen LogP contribution in [0.2, 0.25) is 5.28 Å². The molecule has 0 unspecified atom stereocenters. The summed E-state index contributed by atoms with van der Waals surface area (Å²) >= 11 is 5.73. The number of nitrogens with zero attached hydrogens (tertiary/aromatic N) is 3. The highest BCUT2D eigenvalue weighted by Gasteiger charge is 2.22. The van der Waals surface area contributed by atoms with Crippen molar-refractivity contribution in [1.29, 1.82) is 0 Å². The van der Waals surface area contributed by atoms with Gasteiger partial charge in [0.1, 0.15) is 0 Å². The molecule has 0 spiro atoms. The minimum absolute atomic E-state index is 0.255. The lowest BCUT2D eigenvalue weighted by Crippen LogP contribution is -2.07. The lowest BCUT2D eigenvalue weighted by Gasteiger charge is -2.04. The Kier molecular flexibility index (Phi) is 2.09. The van der Waals surface area contributed by atoms with Gasteiger partial charge in [-0.3, -0.25) is 4.90 Å². The summed E-state index contributed by atoms with van der Waals surface area (Å²) in [5, 5.41) is 0.255. The molecule has 1 aliphatic rings. The summed E-state index contributed by atoms with van der Waals surface area (Å²) in [7, 11) is 3.62. The minimum atomic E-state index is 0.255. The van der Waals surface area contributed by atoms with Gasteiger partial charge in [0.25, 0.3) is 0 Å². The SMILES string of the molecule is COc1nc(Cl)nc2c1CN(C)C2. The molecule has 1 aliphatic heterocycles. The van der Waals surface area contributed by atoms with Gasteiger partial charge in [-0.15, -0.1) is 0 Å². The highest BCUT2D eigenvalue weighted by molar-refractivity contribution is 6.28. The maximum Gasteiger partial charge on any atom is 0.225 e. The second kappa shape index (κ2) is 3.12. The van der Waals surface area contributed by atoms with Crippen molar-refractivity contribution in [3.63, 3.8) is 0 Å². The van der Waals surface area contributed by atoms with Crippen LogP contribution in [0.4, 0.5) is 0 Å². The van der Waals surface area contributed by atoms with Gasteiger partial charge >= 0.3 is 0 Å². The third-order valence-corrected chi connectivity index (χ3v) is 2.24. The van der Waals surface area contributed by atoms with Crippen LogP contribution in [0, 0.1) is 0 Å². The van der Waals surface area contributed by atoms with Gasteiger partial charge in [0.05, 0.1) is 18.4 Å². The number of aromatic nitrogens is 2. The van der Waals surface area contributed by atoms with Crippen LogP contribution in [-0.2, 0) is 13.1 Å². The molecule has 2 heterocycles. The standard InChI is InChI=1S/C8H10ClN3O/c1-12-3-5-6(4-12)10-8(9)11-7(5)13-2/h3-4H2,1-2H3. The van der Waals surface area contributed by atoms with E-state index in [0.717, 1.165) is 24.3 Å².